The zero-order valence-electron chi connectivity index (χ0n) is 17.3. The Morgan fingerprint density at radius 1 is 1.11 bits per heavy atom. The lowest BCUT2D eigenvalue weighted by molar-refractivity contribution is -0.155. The summed E-state index contributed by atoms with van der Waals surface area (Å²) in [6.45, 7) is 9.16. The van der Waals surface area contributed by atoms with E-state index >= 15 is 0 Å². The minimum atomic E-state index is -1.07. The van der Waals surface area contributed by atoms with Gasteiger partial charge in [0.2, 0.25) is 0 Å². The Morgan fingerprint density at radius 2 is 1.78 bits per heavy atom. The van der Waals surface area contributed by atoms with Crippen molar-refractivity contribution in [1.82, 2.24) is 5.32 Å². The lowest BCUT2D eigenvalue weighted by Crippen LogP contribution is -2.52. The highest BCUT2D eigenvalue weighted by atomic mass is 16.6. The van der Waals surface area contributed by atoms with E-state index in [0.717, 1.165) is 12.8 Å². The van der Waals surface area contributed by atoms with Crippen LogP contribution in [0.1, 0.15) is 60.3 Å². The average molecular weight is 383 g/mol. The molecular weight excluding hydrogens is 350 g/mol. The number of fused-ring (bicyclic) bond motifs is 1. The van der Waals surface area contributed by atoms with Crippen molar-refractivity contribution >= 4 is 17.8 Å². The number of amides is 1. The number of Topliss-reactive ketones (excluding diaryl/α,β-unsaturated/α-hetero) is 1. The molecule has 7 heteroatoms. The molecule has 3 unspecified atom stereocenters. The summed E-state index contributed by atoms with van der Waals surface area (Å²) in [7, 11) is 1.66. The van der Waals surface area contributed by atoms with Crippen LogP contribution >= 0.6 is 0 Å². The maximum atomic E-state index is 13.1. The number of rotatable bonds is 1. The lowest BCUT2D eigenvalue weighted by Gasteiger charge is -2.35. The Kier molecular flexibility index (Phi) is 6.55. The molecule has 1 amide bonds. The van der Waals surface area contributed by atoms with E-state index in [4.69, 9.17) is 14.2 Å². The van der Waals surface area contributed by atoms with Crippen molar-refractivity contribution in [2.24, 2.45) is 17.8 Å². The predicted molar refractivity (Wildman–Crippen MR) is 99.1 cm³/mol. The summed E-state index contributed by atoms with van der Waals surface area (Å²) < 4.78 is 16.6. The first-order valence-corrected chi connectivity index (χ1v) is 9.76. The van der Waals surface area contributed by atoms with Crippen molar-refractivity contribution in [2.45, 2.75) is 77.5 Å². The van der Waals surface area contributed by atoms with Gasteiger partial charge in [-0.2, -0.15) is 0 Å². The van der Waals surface area contributed by atoms with Crippen LogP contribution in [0.15, 0.2) is 0 Å². The molecule has 0 radical (unpaired) electrons. The summed E-state index contributed by atoms with van der Waals surface area (Å²) in [5, 5.41) is 2.73. The third kappa shape index (κ3) is 4.81. The predicted octanol–water partition coefficient (Wildman–Crippen LogP) is 2.85. The highest BCUT2D eigenvalue weighted by molar-refractivity contribution is 5.85. The van der Waals surface area contributed by atoms with Gasteiger partial charge in [0.15, 0.2) is 5.60 Å². The van der Waals surface area contributed by atoms with Crippen molar-refractivity contribution in [3.63, 3.8) is 0 Å². The number of carbonyl (C=O) groups is 3. The molecular formula is C20H33NO6. The van der Waals surface area contributed by atoms with Crippen molar-refractivity contribution in [3.05, 3.63) is 0 Å². The van der Waals surface area contributed by atoms with Crippen molar-refractivity contribution in [2.75, 3.05) is 13.7 Å². The fourth-order valence-electron chi connectivity index (χ4n) is 4.26. The normalized spacial score (nSPS) is 41.8. The molecule has 2 fully saturated rings. The van der Waals surface area contributed by atoms with Gasteiger partial charge >= 0.3 is 12.1 Å². The van der Waals surface area contributed by atoms with Gasteiger partial charge in [-0.1, -0.05) is 20.8 Å². The standard InChI is InChI=1S/C20H33NO6/c1-12-8-7-9-19(4,25-6)10-13(2)15(22)14(3)16-20(5,11-26-17(12)23)27-18(24)21-16/h12-14,16H,7-11H2,1-6H3,(H,21,24)/t12?,13-,14?,16?,19+,20-/m1/s1. The number of hydrogen-bond donors (Lipinski definition) is 1. The van der Waals surface area contributed by atoms with E-state index < -0.39 is 29.3 Å². The Hall–Kier alpha value is -1.63. The van der Waals surface area contributed by atoms with Gasteiger partial charge in [-0.15, -0.1) is 0 Å². The highest BCUT2D eigenvalue weighted by Gasteiger charge is 2.51. The van der Waals surface area contributed by atoms with Crippen LogP contribution in [-0.4, -0.2) is 48.8 Å². The van der Waals surface area contributed by atoms with Crippen LogP contribution in [0.2, 0.25) is 0 Å². The van der Waals surface area contributed by atoms with E-state index in [0.29, 0.717) is 12.8 Å². The molecule has 154 valence electrons. The minimum absolute atomic E-state index is 0.0389. The number of cyclic esters (lactones) is 1. The summed E-state index contributed by atoms with van der Waals surface area (Å²) in [5.74, 6) is -1.23. The van der Waals surface area contributed by atoms with Crippen LogP contribution in [0.25, 0.3) is 0 Å². The molecule has 2 saturated heterocycles. The zero-order valence-corrected chi connectivity index (χ0v) is 17.3. The van der Waals surface area contributed by atoms with E-state index in [1.807, 2.05) is 20.8 Å². The third-order valence-electron chi connectivity index (χ3n) is 6.17. The molecule has 7 nitrogen and oxygen atoms in total. The van der Waals surface area contributed by atoms with Gasteiger partial charge < -0.3 is 19.5 Å². The average Bonchev–Trinajstić information content (AvgIpc) is 2.92. The largest absolute Gasteiger partial charge is 0.461 e. The minimum Gasteiger partial charge on any atom is -0.461 e. The van der Waals surface area contributed by atoms with E-state index in [-0.39, 0.29) is 30.2 Å². The summed E-state index contributed by atoms with van der Waals surface area (Å²) in [4.78, 5) is 37.3. The van der Waals surface area contributed by atoms with Crippen LogP contribution in [0.3, 0.4) is 0 Å². The Balaban J connectivity index is 2.31. The molecule has 6 atom stereocenters. The molecule has 0 saturated carbocycles. The molecule has 0 spiro atoms. The number of alkyl carbamates (subject to hydrolysis) is 1. The van der Waals surface area contributed by atoms with Crippen LogP contribution in [0.5, 0.6) is 0 Å². The summed E-state index contributed by atoms with van der Waals surface area (Å²) in [5.41, 5.74) is -1.52. The molecule has 2 aliphatic heterocycles. The van der Waals surface area contributed by atoms with Gasteiger partial charge in [0.1, 0.15) is 12.4 Å². The smallest absolute Gasteiger partial charge is 0.408 e. The third-order valence-corrected chi connectivity index (χ3v) is 6.17. The van der Waals surface area contributed by atoms with Gasteiger partial charge in [0.25, 0.3) is 0 Å². The van der Waals surface area contributed by atoms with Gasteiger partial charge in [-0.25, -0.2) is 4.79 Å². The number of hydrogen-bond acceptors (Lipinski definition) is 6. The number of ketones is 1. The molecule has 27 heavy (non-hydrogen) atoms. The van der Waals surface area contributed by atoms with Crippen molar-refractivity contribution in [1.29, 1.82) is 0 Å². The molecule has 0 aromatic rings. The highest BCUT2D eigenvalue weighted by Crippen LogP contribution is 2.34. The Bertz CT molecular complexity index is 593. The van der Waals surface area contributed by atoms with Gasteiger partial charge in [-0.05, 0) is 39.5 Å². The van der Waals surface area contributed by atoms with Gasteiger partial charge in [0, 0.05) is 18.9 Å². The fraction of sp³-hybridized carbons (Fsp3) is 0.850. The SMILES string of the molecule is CO[C@@]1(C)CCCC(C)C(=O)OC[C@@]2(C)OC(=O)NC2C(C)C(=O)[C@H](C)C1. The molecule has 0 aromatic heterocycles. The van der Waals surface area contributed by atoms with Crippen LogP contribution < -0.4 is 5.32 Å². The number of carbonyl (C=O) groups excluding carboxylic acids is 3. The number of esters is 1. The van der Waals surface area contributed by atoms with E-state index in [1.54, 1.807) is 21.0 Å². The fourth-order valence-corrected chi connectivity index (χ4v) is 4.26. The second kappa shape index (κ2) is 8.17. The van der Waals surface area contributed by atoms with Gasteiger partial charge in [0.05, 0.1) is 17.6 Å². The second-order valence-corrected chi connectivity index (χ2v) is 8.68. The topological polar surface area (TPSA) is 90.9 Å². The van der Waals surface area contributed by atoms with Crippen LogP contribution in [0.4, 0.5) is 4.79 Å². The quantitative estimate of drug-likeness (QED) is 0.700. The van der Waals surface area contributed by atoms with E-state index in [1.165, 1.54) is 0 Å². The first-order valence-electron chi connectivity index (χ1n) is 9.76. The molecule has 2 aliphatic rings. The van der Waals surface area contributed by atoms with E-state index in [2.05, 4.69) is 5.32 Å². The monoisotopic (exact) mass is 383 g/mol. The van der Waals surface area contributed by atoms with Crippen LogP contribution in [0, 0.1) is 17.8 Å². The summed E-state index contributed by atoms with van der Waals surface area (Å²) in [6.07, 6.45) is 2.23. The molecule has 0 aromatic carbocycles. The first-order chi connectivity index (χ1) is 12.5. The van der Waals surface area contributed by atoms with Crippen molar-refractivity contribution < 1.29 is 28.6 Å². The van der Waals surface area contributed by atoms with E-state index in [9.17, 15) is 14.4 Å². The first kappa shape index (κ1) is 21.7. The Morgan fingerprint density at radius 3 is 2.41 bits per heavy atom. The molecule has 1 N–H and O–H groups in total. The molecule has 0 aliphatic carbocycles. The summed E-state index contributed by atoms with van der Waals surface area (Å²) in [6, 6.07) is -0.556. The molecule has 2 heterocycles. The zero-order chi connectivity index (χ0) is 20.4. The van der Waals surface area contributed by atoms with Crippen LogP contribution in [-0.2, 0) is 23.8 Å². The number of methoxy groups -OCH3 is 1. The molecule has 0 bridgehead atoms. The maximum absolute atomic E-state index is 13.1. The van der Waals surface area contributed by atoms with Crippen molar-refractivity contribution in [3.8, 4) is 0 Å². The van der Waals surface area contributed by atoms with Gasteiger partial charge in [-0.3, -0.25) is 9.59 Å². The second-order valence-electron chi connectivity index (χ2n) is 8.68. The molecule has 2 rings (SSSR count). The number of nitrogens with one attached hydrogen (secondary N) is 1. The Labute approximate surface area is 161 Å². The summed E-state index contributed by atoms with van der Waals surface area (Å²) >= 11 is 0. The maximum Gasteiger partial charge on any atom is 0.408 e. The lowest BCUT2D eigenvalue weighted by atomic mass is 9.78. The number of ether oxygens (including phenoxy) is 3.